The maximum atomic E-state index is 12.6. The van der Waals surface area contributed by atoms with Gasteiger partial charge in [0.05, 0.1) is 25.4 Å². The summed E-state index contributed by atoms with van der Waals surface area (Å²) in [5.74, 6) is 0.423. The number of rotatable bonds is 12. The SMILES string of the molecule is C=C[C@@H](OC(=O)c1ccccc1)C(C)(C)[C@@H](C[C@@H](C)CO)OCc1ccc(OC)cc1. The normalized spacial score (nSPS) is 14.4. The summed E-state index contributed by atoms with van der Waals surface area (Å²) in [6, 6.07) is 16.6. The van der Waals surface area contributed by atoms with Crippen molar-refractivity contribution in [3.63, 3.8) is 0 Å². The Morgan fingerprint density at radius 3 is 2.32 bits per heavy atom. The van der Waals surface area contributed by atoms with Crippen molar-refractivity contribution in [3.8, 4) is 5.75 Å². The first-order valence-electron chi connectivity index (χ1n) is 10.6. The highest BCUT2D eigenvalue weighted by Gasteiger charge is 2.40. The molecular formula is C26H34O5. The van der Waals surface area contributed by atoms with Gasteiger partial charge in [-0.25, -0.2) is 4.79 Å². The predicted octanol–water partition coefficient (Wildman–Crippen LogP) is 5.04. The molecule has 0 aliphatic heterocycles. The van der Waals surface area contributed by atoms with Crippen LogP contribution in [0.25, 0.3) is 0 Å². The molecule has 0 amide bonds. The third-order valence-corrected chi connectivity index (χ3v) is 5.56. The van der Waals surface area contributed by atoms with Crippen LogP contribution in [0, 0.1) is 11.3 Å². The molecule has 31 heavy (non-hydrogen) atoms. The minimum atomic E-state index is -0.567. The molecule has 0 heterocycles. The van der Waals surface area contributed by atoms with E-state index in [9.17, 15) is 9.90 Å². The van der Waals surface area contributed by atoms with Crippen molar-refractivity contribution in [3.05, 3.63) is 78.4 Å². The Morgan fingerprint density at radius 2 is 1.77 bits per heavy atom. The van der Waals surface area contributed by atoms with E-state index < -0.39 is 17.5 Å². The summed E-state index contributed by atoms with van der Waals surface area (Å²) >= 11 is 0. The lowest BCUT2D eigenvalue weighted by Crippen LogP contribution is -2.44. The van der Waals surface area contributed by atoms with Gasteiger partial charge in [-0.1, -0.05) is 63.8 Å². The Balaban J connectivity index is 2.17. The Kier molecular flexibility index (Phi) is 9.28. The molecular weight excluding hydrogens is 392 g/mol. The van der Waals surface area contributed by atoms with Gasteiger partial charge in [-0.3, -0.25) is 0 Å². The number of carbonyl (C=O) groups is 1. The first-order valence-corrected chi connectivity index (χ1v) is 10.6. The Bertz CT molecular complexity index is 813. The Morgan fingerprint density at radius 1 is 1.13 bits per heavy atom. The first-order chi connectivity index (χ1) is 14.8. The largest absolute Gasteiger partial charge is 0.497 e. The Labute approximate surface area is 185 Å². The highest BCUT2D eigenvalue weighted by molar-refractivity contribution is 5.89. The maximum absolute atomic E-state index is 12.6. The van der Waals surface area contributed by atoms with E-state index in [1.54, 1.807) is 37.5 Å². The molecule has 0 fully saturated rings. The molecule has 1 N–H and O–H groups in total. The van der Waals surface area contributed by atoms with E-state index in [1.165, 1.54) is 0 Å². The summed E-state index contributed by atoms with van der Waals surface area (Å²) < 4.78 is 17.3. The van der Waals surface area contributed by atoms with E-state index in [1.807, 2.05) is 51.1 Å². The summed E-state index contributed by atoms with van der Waals surface area (Å²) in [6.45, 7) is 10.3. The number of hydrogen-bond acceptors (Lipinski definition) is 5. The molecule has 168 valence electrons. The van der Waals surface area contributed by atoms with E-state index >= 15 is 0 Å². The van der Waals surface area contributed by atoms with E-state index in [0.717, 1.165) is 11.3 Å². The molecule has 0 radical (unpaired) electrons. The zero-order valence-corrected chi connectivity index (χ0v) is 18.9. The molecule has 0 aromatic heterocycles. The van der Waals surface area contributed by atoms with Crippen molar-refractivity contribution in [2.24, 2.45) is 11.3 Å². The highest BCUT2D eigenvalue weighted by atomic mass is 16.5. The first kappa shape index (κ1) is 24.6. The third-order valence-electron chi connectivity index (χ3n) is 5.56. The van der Waals surface area contributed by atoms with Crippen LogP contribution >= 0.6 is 0 Å². The summed E-state index contributed by atoms with van der Waals surface area (Å²) in [7, 11) is 1.63. The van der Waals surface area contributed by atoms with Crippen molar-refractivity contribution in [2.75, 3.05) is 13.7 Å². The number of esters is 1. The third kappa shape index (κ3) is 6.94. The Hall–Kier alpha value is -2.63. The second-order valence-electron chi connectivity index (χ2n) is 8.42. The number of ether oxygens (including phenoxy) is 3. The van der Waals surface area contributed by atoms with E-state index in [2.05, 4.69) is 6.58 Å². The van der Waals surface area contributed by atoms with Crippen molar-refractivity contribution < 1.29 is 24.1 Å². The van der Waals surface area contributed by atoms with E-state index in [4.69, 9.17) is 14.2 Å². The number of hydrogen-bond donors (Lipinski definition) is 1. The molecule has 0 aliphatic carbocycles. The number of benzene rings is 2. The number of aliphatic hydroxyl groups is 1. The summed E-state index contributed by atoms with van der Waals surface area (Å²) in [5, 5.41) is 9.61. The van der Waals surface area contributed by atoms with Gasteiger partial charge in [-0.05, 0) is 42.2 Å². The van der Waals surface area contributed by atoms with Crippen molar-refractivity contribution >= 4 is 5.97 Å². The standard InChI is InChI=1S/C26H34O5/c1-6-23(31-25(28)21-10-8-7-9-11-21)26(3,4)24(16-19(2)17-27)30-18-20-12-14-22(29-5)15-13-20/h6-15,19,23-24,27H,1,16-18H2,2-5H3/t19-,23-,24-/m1/s1. The van der Waals surface area contributed by atoms with Gasteiger partial charge in [0, 0.05) is 12.0 Å². The van der Waals surface area contributed by atoms with Gasteiger partial charge < -0.3 is 19.3 Å². The van der Waals surface area contributed by atoms with E-state index in [-0.39, 0.29) is 18.6 Å². The second-order valence-corrected chi connectivity index (χ2v) is 8.42. The fraction of sp³-hybridized carbons (Fsp3) is 0.423. The zero-order chi connectivity index (χ0) is 22.9. The molecule has 0 spiro atoms. The molecule has 2 rings (SSSR count). The number of methoxy groups -OCH3 is 1. The van der Waals surface area contributed by atoms with Crippen molar-refractivity contribution in [2.45, 2.75) is 46.0 Å². The van der Waals surface area contributed by atoms with Crippen LogP contribution in [0.3, 0.4) is 0 Å². The molecule has 0 saturated carbocycles. The molecule has 0 bridgehead atoms. The fourth-order valence-corrected chi connectivity index (χ4v) is 3.39. The van der Waals surface area contributed by atoms with Gasteiger partial charge in [-0.2, -0.15) is 0 Å². The van der Waals surface area contributed by atoms with Crippen LogP contribution in [-0.4, -0.2) is 37.0 Å². The minimum absolute atomic E-state index is 0.0374. The fourth-order valence-electron chi connectivity index (χ4n) is 3.39. The molecule has 2 aromatic carbocycles. The van der Waals surface area contributed by atoms with Gasteiger partial charge in [-0.15, -0.1) is 0 Å². The molecule has 5 heteroatoms. The van der Waals surface area contributed by atoms with Gasteiger partial charge in [0.15, 0.2) is 0 Å². The number of aliphatic hydroxyl groups excluding tert-OH is 1. The summed E-state index contributed by atoms with van der Waals surface area (Å²) in [5.41, 5.74) is 0.932. The lowest BCUT2D eigenvalue weighted by molar-refractivity contribution is -0.0939. The van der Waals surface area contributed by atoms with Crippen LogP contribution in [0.5, 0.6) is 5.75 Å². The van der Waals surface area contributed by atoms with Crippen LogP contribution in [0.15, 0.2) is 67.3 Å². The zero-order valence-electron chi connectivity index (χ0n) is 18.9. The van der Waals surface area contributed by atoms with Crippen LogP contribution in [-0.2, 0) is 16.1 Å². The van der Waals surface area contributed by atoms with Gasteiger partial charge in [0.25, 0.3) is 0 Å². The van der Waals surface area contributed by atoms with Gasteiger partial charge in [0.1, 0.15) is 11.9 Å². The average molecular weight is 427 g/mol. The highest BCUT2D eigenvalue weighted by Crippen LogP contribution is 2.35. The topological polar surface area (TPSA) is 65.0 Å². The molecule has 5 nitrogen and oxygen atoms in total. The monoisotopic (exact) mass is 426 g/mol. The smallest absolute Gasteiger partial charge is 0.338 e. The molecule has 3 atom stereocenters. The van der Waals surface area contributed by atoms with E-state index in [0.29, 0.717) is 18.6 Å². The molecule has 0 unspecified atom stereocenters. The molecule has 0 aliphatic rings. The van der Waals surface area contributed by atoms with Crippen LogP contribution in [0.2, 0.25) is 0 Å². The number of carbonyl (C=O) groups excluding carboxylic acids is 1. The van der Waals surface area contributed by atoms with Crippen molar-refractivity contribution in [1.29, 1.82) is 0 Å². The minimum Gasteiger partial charge on any atom is -0.497 e. The van der Waals surface area contributed by atoms with Crippen LogP contribution in [0.4, 0.5) is 0 Å². The van der Waals surface area contributed by atoms with Crippen molar-refractivity contribution in [1.82, 2.24) is 0 Å². The van der Waals surface area contributed by atoms with Crippen LogP contribution < -0.4 is 4.74 Å². The maximum Gasteiger partial charge on any atom is 0.338 e. The second kappa shape index (κ2) is 11.7. The van der Waals surface area contributed by atoms with Gasteiger partial charge >= 0.3 is 5.97 Å². The predicted molar refractivity (Wildman–Crippen MR) is 122 cm³/mol. The molecule has 0 saturated heterocycles. The lowest BCUT2D eigenvalue weighted by Gasteiger charge is -2.40. The molecule has 2 aromatic rings. The lowest BCUT2D eigenvalue weighted by atomic mass is 9.77. The van der Waals surface area contributed by atoms with Gasteiger partial charge in [0.2, 0.25) is 0 Å². The average Bonchev–Trinajstić information content (AvgIpc) is 2.80. The summed E-state index contributed by atoms with van der Waals surface area (Å²) in [4.78, 5) is 12.6. The summed E-state index contributed by atoms with van der Waals surface area (Å²) in [6.07, 6.45) is 1.43. The van der Waals surface area contributed by atoms with Crippen LogP contribution in [0.1, 0.15) is 43.1 Å². The quantitative estimate of drug-likeness (QED) is 0.381.